The highest BCUT2D eigenvalue weighted by atomic mass is 16.3. The number of aromatic hydroxyl groups is 1. The molecule has 1 aromatic carbocycles. The molecule has 0 bridgehead atoms. The van der Waals surface area contributed by atoms with E-state index in [0.29, 0.717) is 11.7 Å². The standard InChI is InChI=1S/C12H17NO/c1-8(2)12(7-11(12)13)9-3-5-10(14)6-4-9/h3-6,8,11,14H,7,13H2,1-2H3/t11-,12?/m1/s1. The van der Waals surface area contributed by atoms with Crippen LogP contribution in [0.3, 0.4) is 0 Å². The fraction of sp³-hybridized carbons (Fsp3) is 0.500. The highest BCUT2D eigenvalue weighted by Crippen LogP contribution is 2.52. The Kier molecular flexibility index (Phi) is 2.04. The highest BCUT2D eigenvalue weighted by Gasteiger charge is 2.55. The molecule has 0 aliphatic heterocycles. The summed E-state index contributed by atoms with van der Waals surface area (Å²) in [5, 5.41) is 9.22. The first-order valence-corrected chi connectivity index (χ1v) is 5.12. The van der Waals surface area contributed by atoms with E-state index < -0.39 is 0 Å². The van der Waals surface area contributed by atoms with Gasteiger partial charge in [0.1, 0.15) is 5.75 Å². The van der Waals surface area contributed by atoms with Crippen LogP contribution in [0.25, 0.3) is 0 Å². The van der Waals surface area contributed by atoms with E-state index >= 15 is 0 Å². The summed E-state index contributed by atoms with van der Waals surface area (Å²) in [7, 11) is 0. The Balaban J connectivity index is 2.34. The van der Waals surface area contributed by atoms with Crippen molar-refractivity contribution in [3.05, 3.63) is 29.8 Å². The van der Waals surface area contributed by atoms with Crippen LogP contribution in [0.1, 0.15) is 25.8 Å². The Hall–Kier alpha value is -1.02. The third-order valence-corrected chi connectivity index (χ3v) is 3.49. The van der Waals surface area contributed by atoms with Crippen molar-refractivity contribution in [2.75, 3.05) is 0 Å². The maximum absolute atomic E-state index is 9.22. The summed E-state index contributed by atoms with van der Waals surface area (Å²) in [6.07, 6.45) is 1.06. The summed E-state index contributed by atoms with van der Waals surface area (Å²) in [5.41, 5.74) is 7.43. The van der Waals surface area contributed by atoms with Crippen molar-refractivity contribution in [1.29, 1.82) is 0 Å². The number of rotatable bonds is 2. The van der Waals surface area contributed by atoms with Gasteiger partial charge in [0.2, 0.25) is 0 Å². The van der Waals surface area contributed by atoms with Crippen LogP contribution in [-0.2, 0) is 5.41 Å². The molecule has 2 heteroatoms. The molecule has 0 saturated heterocycles. The second-order valence-corrected chi connectivity index (χ2v) is 4.55. The van der Waals surface area contributed by atoms with Gasteiger partial charge in [-0.15, -0.1) is 0 Å². The van der Waals surface area contributed by atoms with Gasteiger partial charge >= 0.3 is 0 Å². The first-order valence-electron chi connectivity index (χ1n) is 5.12. The van der Waals surface area contributed by atoms with Crippen LogP contribution in [0, 0.1) is 5.92 Å². The maximum atomic E-state index is 9.22. The van der Waals surface area contributed by atoms with E-state index in [0.717, 1.165) is 6.42 Å². The fourth-order valence-electron chi connectivity index (χ4n) is 2.41. The van der Waals surface area contributed by atoms with Gasteiger partial charge in [-0.05, 0) is 30.0 Å². The van der Waals surface area contributed by atoms with Crippen molar-refractivity contribution in [3.63, 3.8) is 0 Å². The number of hydrogen-bond acceptors (Lipinski definition) is 2. The molecule has 1 fully saturated rings. The van der Waals surface area contributed by atoms with Crippen molar-refractivity contribution in [2.24, 2.45) is 11.7 Å². The van der Waals surface area contributed by atoms with E-state index in [4.69, 9.17) is 5.73 Å². The number of benzene rings is 1. The average molecular weight is 191 g/mol. The maximum Gasteiger partial charge on any atom is 0.115 e. The second kappa shape index (κ2) is 2.99. The van der Waals surface area contributed by atoms with Crippen molar-refractivity contribution >= 4 is 0 Å². The number of nitrogens with two attached hydrogens (primary N) is 1. The summed E-state index contributed by atoms with van der Waals surface area (Å²) in [6, 6.07) is 7.74. The van der Waals surface area contributed by atoms with Crippen molar-refractivity contribution < 1.29 is 5.11 Å². The van der Waals surface area contributed by atoms with Gasteiger partial charge in [0, 0.05) is 11.5 Å². The molecule has 0 aromatic heterocycles. The Labute approximate surface area is 84.7 Å². The molecular formula is C12H17NO. The van der Waals surface area contributed by atoms with Crippen LogP contribution in [0.5, 0.6) is 5.75 Å². The molecule has 1 aromatic rings. The molecule has 0 spiro atoms. The molecule has 1 unspecified atom stereocenters. The number of hydrogen-bond donors (Lipinski definition) is 2. The molecule has 1 aliphatic rings. The molecule has 76 valence electrons. The Morgan fingerprint density at radius 1 is 1.36 bits per heavy atom. The fourth-order valence-corrected chi connectivity index (χ4v) is 2.41. The molecule has 2 rings (SSSR count). The minimum absolute atomic E-state index is 0.160. The zero-order chi connectivity index (χ0) is 10.3. The largest absolute Gasteiger partial charge is 0.508 e. The molecule has 0 heterocycles. The van der Waals surface area contributed by atoms with Crippen molar-refractivity contribution in [3.8, 4) is 5.75 Å². The van der Waals surface area contributed by atoms with Gasteiger partial charge in [-0.25, -0.2) is 0 Å². The van der Waals surface area contributed by atoms with E-state index in [9.17, 15) is 5.11 Å². The van der Waals surface area contributed by atoms with Gasteiger partial charge in [-0.1, -0.05) is 26.0 Å². The molecule has 1 aliphatic carbocycles. The first-order chi connectivity index (χ1) is 6.57. The van der Waals surface area contributed by atoms with E-state index in [1.54, 1.807) is 12.1 Å². The SMILES string of the molecule is CC(C)C1(c2ccc(O)cc2)C[C@H]1N. The smallest absolute Gasteiger partial charge is 0.115 e. The Morgan fingerprint density at radius 2 is 1.86 bits per heavy atom. The van der Waals surface area contributed by atoms with Crippen molar-refractivity contribution in [1.82, 2.24) is 0 Å². The van der Waals surface area contributed by atoms with Gasteiger partial charge in [0.05, 0.1) is 0 Å². The van der Waals surface area contributed by atoms with E-state index in [-0.39, 0.29) is 11.5 Å². The summed E-state index contributed by atoms with van der Waals surface area (Å²) < 4.78 is 0. The molecule has 3 N–H and O–H groups in total. The lowest BCUT2D eigenvalue weighted by Crippen LogP contribution is -2.24. The summed E-state index contributed by atoms with van der Waals surface area (Å²) in [5.74, 6) is 0.879. The zero-order valence-electron chi connectivity index (χ0n) is 8.70. The molecule has 2 nitrogen and oxygen atoms in total. The molecular weight excluding hydrogens is 174 g/mol. The van der Waals surface area contributed by atoms with Crippen LogP contribution in [0.4, 0.5) is 0 Å². The predicted molar refractivity (Wildman–Crippen MR) is 57.2 cm³/mol. The van der Waals surface area contributed by atoms with Crippen LogP contribution in [0.15, 0.2) is 24.3 Å². The van der Waals surface area contributed by atoms with Crippen LogP contribution in [0.2, 0.25) is 0 Å². The minimum Gasteiger partial charge on any atom is -0.508 e. The third-order valence-electron chi connectivity index (χ3n) is 3.49. The van der Waals surface area contributed by atoms with Gasteiger partial charge in [0.25, 0.3) is 0 Å². The lowest BCUT2D eigenvalue weighted by Gasteiger charge is -2.21. The second-order valence-electron chi connectivity index (χ2n) is 4.55. The average Bonchev–Trinajstić information content (AvgIpc) is 2.80. The molecule has 0 amide bonds. The first kappa shape index (κ1) is 9.53. The lowest BCUT2D eigenvalue weighted by atomic mass is 9.84. The minimum atomic E-state index is 0.160. The van der Waals surface area contributed by atoms with E-state index in [1.807, 2.05) is 12.1 Å². The predicted octanol–water partition coefficient (Wildman–Crippen LogP) is 2.02. The topological polar surface area (TPSA) is 46.2 Å². The van der Waals surface area contributed by atoms with Crippen LogP contribution >= 0.6 is 0 Å². The zero-order valence-corrected chi connectivity index (χ0v) is 8.70. The van der Waals surface area contributed by atoms with Crippen LogP contribution < -0.4 is 5.73 Å². The van der Waals surface area contributed by atoms with Gasteiger partial charge in [-0.3, -0.25) is 0 Å². The molecule has 1 saturated carbocycles. The molecule has 14 heavy (non-hydrogen) atoms. The highest BCUT2D eigenvalue weighted by molar-refractivity contribution is 5.39. The Morgan fingerprint density at radius 3 is 2.21 bits per heavy atom. The Bertz CT molecular complexity index is 331. The number of phenolic OH excluding ortho intramolecular Hbond substituents is 1. The monoisotopic (exact) mass is 191 g/mol. The lowest BCUT2D eigenvalue weighted by molar-refractivity contribution is 0.459. The normalized spacial score (nSPS) is 30.7. The van der Waals surface area contributed by atoms with Gasteiger partial charge in [-0.2, -0.15) is 0 Å². The van der Waals surface area contributed by atoms with E-state index in [2.05, 4.69) is 13.8 Å². The van der Waals surface area contributed by atoms with Crippen molar-refractivity contribution in [2.45, 2.75) is 31.7 Å². The summed E-state index contributed by atoms with van der Waals surface area (Å²) in [4.78, 5) is 0. The molecule has 0 radical (unpaired) electrons. The van der Waals surface area contributed by atoms with E-state index in [1.165, 1.54) is 5.56 Å². The quantitative estimate of drug-likeness (QED) is 0.751. The third kappa shape index (κ3) is 1.22. The van der Waals surface area contributed by atoms with Gasteiger partial charge < -0.3 is 10.8 Å². The van der Waals surface area contributed by atoms with Gasteiger partial charge in [0.15, 0.2) is 0 Å². The van der Waals surface area contributed by atoms with Crippen LogP contribution in [-0.4, -0.2) is 11.1 Å². The molecule has 2 atom stereocenters. The summed E-state index contributed by atoms with van der Waals surface area (Å²) >= 11 is 0. The number of phenols is 1. The summed E-state index contributed by atoms with van der Waals surface area (Å²) in [6.45, 7) is 4.42.